The SMILES string of the molecule is CCCCC\C=C/C=C\C=C/C=C\CCCCCCCC(=O)OCC(COC(=O)CCCCCCCCC/C=C\CCCCCCCC)OC(=O)CCCCCCC/C=C\C=C/CCCCCCCCC. The molecule has 0 spiro atoms. The van der Waals surface area contributed by atoms with E-state index in [-0.39, 0.29) is 31.1 Å². The molecule has 0 aliphatic rings. The Labute approximate surface area is 439 Å². The van der Waals surface area contributed by atoms with Crippen molar-refractivity contribution < 1.29 is 28.6 Å². The summed E-state index contributed by atoms with van der Waals surface area (Å²) in [6.07, 6.45) is 77.1. The van der Waals surface area contributed by atoms with E-state index in [1.807, 2.05) is 0 Å². The van der Waals surface area contributed by atoms with Gasteiger partial charge in [-0.15, -0.1) is 0 Å². The van der Waals surface area contributed by atoms with E-state index >= 15 is 0 Å². The van der Waals surface area contributed by atoms with Gasteiger partial charge in [0.25, 0.3) is 0 Å². The van der Waals surface area contributed by atoms with Crippen molar-refractivity contribution in [2.24, 2.45) is 0 Å². The lowest BCUT2D eigenvalue weighted by molar-refractivity contribution is -0.167. The Hall–Kier alpha value is -3.41. The lowest BCUT2D eigenvalue weighted by Crippen LogP contribution is -2.30. The molecule has 0 aromatic carbocycles. The second-order valence-electron chi connectivity index (χ2n) is 20.0. The predicted octanol–water partition coefficient (Wildman–Crippen LogP) is 20.3. The van der Waals surface area contributed by atoms with Crippen LogP contribution in [0.2, 0.25) is 0 Å². The molecule has 0 aromatic rings. The van der Waals surface area contributed by atoms with Gasteiger partial charge in [-0.25, -0.2) is 0 Å². The molecule has 0 saturated heterocycles. The largest absolute Gasteiger partial charge is 0.462 e. The first-order valence-corrected chi connectivity index (χ1v) is 30.2. The lowest BCUT2D eigenvalue weighted by atomic mass is 10.1. The second kappa shape index (κ2) is 59.2. The molecule has 6 nitrogen and oxygen atoms in total. The predicted molar refractivity (Wildman–Crippen MR) is 307 cm³/mol. The Morgan fingerprint density at radius 3 is 0.873 bits per heavy atom. The van der Waals surface area contributed by atoms with Crippen molar-refractivity contribution in [2.75, 3.05) is 13.2 Å². The Bertz CT molecular complexity index is 1370. The van der Waals surface area contributed by atoms with Gasteiger partial charge in [0.15, 0.2) is 6.10 Å². The molecule has 0 rings (SSSR count). The number of carbonyl (C=O) groups excluding carboxylic acids is 3. The van der Waals surface area contributed by atoms with Crippen molar-refractivity contribution in [1.29, 1.82) is 0 Å². The van der Waals surface area contributed by atoms with E-state index in [0.717, 1.165) is 103 Å². The summed E-state index contributed by atoms with van der Waals surface area (Å²) in [6, 6.07) is 0. The molecule has 1 atom stereocenters. The zero-order valence-electron chi connectivity index (χ0n) is 46.7. The quantitative estimate of drug-likeness (QED) is 0.0199. The first-order chi connectivity index (χ1) is 35.0. The summed E-state index contributed by atoms with van der Waals surface area (Å²) in [6.45, 7) is 6.58. The van der Waals surface area contributed by atoms with Crippen LogP contribution in [0.5, 0.6) is 0 Å². The van der Waals surface area contributed by atoms with E-state index in [9.17, 15) is 14.4 Å². The van der Waals surface area contributed by atoms with Gasteiger partial charge in [0.2, 0.25) is 0 Å². The summed E-state index contributed by atoms with van der Waals surface area (Å²) in [5.74, 6) is -0.927. The molecule has 1 unspecified atom stereocenters. The number of rotatable bonds is 54. The van der Waals surface area contributed by atoms with Gasteiger partial charge in [0.1, 0.15) is 13.2 Å². The van der Waals surface area contributed by atoms with Crippen LogP contribution in [0.25, 0.3) is 0 Å². The fraction of sp³-hybridized carbons (Fsp3) is 0.738. The third-order valence-electron chi connectivity index (χ3n) is 13.0. The van der Waals surface area contributed by atoms with E-state index < -0.39 is 6.10 Å². The molecule has 0 bridgehead atoms. The maximum Gasteiger partial charge on any atom is 0.306 e. The van der Waals surface area contributed by atoms with Gasteiger partial charge in [-0.3, -0.25) is 14.4 Å². The van der Waals surface area contributed by atoms with Gasteiger partial charge in [-0.05, 0) is 96.3 Å². The standard InChI is InChI=1S/C65H112O6/c1-4-7-10-13-16-19-22-25-28-31-34-37-40-43-46-49-52-55-58-64(67)70-61-62(60-69-63(66)57-54-51-48-45-42-39-36-33-30-27-24-21-18-15-12-9-6-3)71-65(68)59-56-53-50-47-44-41-38-35-32-29-26-23-20-17-14-11-8-5-2/h16,19,22,25,27-32,34-35,37-38,62H,4-15,17-18,20-21,23-24,26,33,36,39-61H2,1-3H3/b19-16-,25-22-,30-27-,31-28-,32-29-,37-34-,38-35-. The van der Waals surface area contributed by atoms with Gasteiger partial charge in [0, 0.05) is 19.3 Å². The number of hydrogen-bond acceptors (Lipinski definition) is 6. The Morgan fingerprint density at radius 2 is 0.521 bits per heavy atom. The molecular weight excluding hydrogens is 877 g/mol. The second-order valence-corrected chi connectivity index (χ2v) is 20.0. The molecule has 71 heavy (non-hydrogen) atoms. The highest BCUT2D eigenvalue weighted by atomic mass is 16.6. The van der Waals surface area contributed by atoms with E-state index in [0.29, 0.717) is 19.3 Å². The first kappa shape index (κ1) is 67.6. The fourth-order valence-corrected chi connectivity index (χ4v) is 8.38. The first-order valence-electron chi connectivity index (χ1n) is 30.2. The highest BCUT2D eigenvalue weighted by Crippen LogP contribution is 2.15. The third-order valence-corrected chi connectivity index (χ3v) is 13.0. The van der Waals surface area contributed by atoms with Crippen LogP contribution in [-0.2, 0) is 28.6 Å². The summed E-state index contributed by atoms with van der Waals surface area (Å²) in [4.78, 5) is 38.2. The molecule has 0 saturated carbocycles. The lowest BCUT2D eigenvalue weighted by Gasteiger charge is -2.18. The van der Waals surface area contributed by atoms with Crippen molar-refractivity contribution >= 4 is 17.9 Å². The topological polar surface area (TPSA) is 78.9 Å². The minimum absolute atomic E-state index is 0.0927. The van der Waals surface area contributed by atoms with Crippen molar-refractivity contribution in [1.82, 2.24) is 0 Å². The summed E-state index contributed by atoms with van der Waals surface area (Å²) in [5.41, 5.74) is 0. The molecule has 0 aromatic heterocycles. The van der Waals surface area contributed by atoms with E-state index in [1.165, 1.54) is 148 Å². The van der Waals surface area contributed by atoms with Crippen molar-refractivity contribution in [2.45, 2.75) is 297 Å². The van der Waals surface area contributed by atoms with Crippen molar-refractivity contribution in [3.05, 3.63) is 85.1 Å². The van der Waals surface area contributed by atoms with E-state index in [2.05, 4.69) is 106 Å². The smallest absolute Gasteiger partial charge is 0.306 e. The summed E-state index contributed by atoms with van der Waals surface area (Å²) < 4.78 is 16.9. The van der Waals surface area contributed by atoms with Gasteiger partial charge in [-0.2, -0.15) is 0 Å². The van der Waals surface area contributed by atoms with Crippen LogP contribution in [0.3, 0.4) is 0 Å². The van der Waals surface area contributed by atoms with E-state index in [1.54, 1.807) is 0 Å². The number of unbranched alkanes of at least 4 members (excludes halogenated alkanes) is 33. The van der Waals surface area contributed by atoms with Crippen molar-refractivity contribution in [3.8, 4) is 0 Å². The van der Waals surface area contributed by atoms with Crippen LogP contribution in [0, 0.1) is 0 Å². The molecule has 0 fully saturated rings. The molecular formula is C65H112O6. The zero-order chi connectivity index (χ0) is 51.4. The Morgan fingerprint density at radius 1 is 0.282 bits per heavy atom. The summed E-state index contributed by atoms with van der Waals surface area (Å²) in [7, 11) is 0. The van der Waals surface area contributed by atoms with Gasteiger partial charge < -0.3 is 14.2 Å². The normalized spacial score (nSPS) is 12.7. The molecule has 0 aliphatic carbocycles. The van der Waals surface area contributed by atoms with E-state index in [4.69, 9.17) is 14.2 Å². The Balaban J connectivity index is 4.47. The maximum atomic E-state index is 12.9. The van der Waals surface area contributed by atoms with Crippen LogP contribution in [0.15, 0.2) is 85.1 Å². The summed E-state index contributed by atoms with van der Waals surface area (Å²) >= 11 is 0. The molecule has 0 aliphatic heterocycles. The minimum Gasteiger partial charge on any atom is -0.462 e. The highest BCUT2D eigenvalue weighted by molar-refractivity contribution is 5.71. The molecule has 0 amide bonds. The fourth-order valence-electron chi connectivity index (χ4n) is 8.38. The monoisotopic (exact) mass is 989 g/mol. The number of hydrogen-bond donors (Lipinski definition) is 0. The molecule has 408 valence electrons. The van der Waals surface area contributed by atoms with Gasteiger partial charge in [0.05, 0.1) is 0 Å². The van der Waals surface area contributed by atoms with Gasteiger partial charge in [-0.1, -0.05) is 260 Å². The van der Waals surface area contributed by atoms with Crippen LogP contribution in [-0.4, -0.2) is 37.2 Å². The molecule has 6 heteroatoms. The number of allylic oxidation sites excluding steroid dienone is 14. The number of esters is 3. The Kier molecular flexibility index (Phi) is 56.3. The average molecular weight is 990 g/mol. The van der Waals surface area contributed by atoms with Gasteiger partial charge >= 0.3 is 17.9 Å². The molecule has 0 N–H and O–H groups in total. The third kappa shape index (κ3) is 57.4. The zero-order valence-corrected chi connectivity index (χ0v) is 46.7. The maximum absolute atomic E-state index is 12.9. The van der Waals surface area contributed by atoms with Crippen LogP contribution in [0.4, 0.5) is 0 Å². The molecule has 0 radical (unpaired) electrons. The molecule has 0 heterocycles. The number of carbonyl (C=O) groups is 3. The van der Waals surface area contributed by atoms with Crippen LogP contribution < -0.4 is 0 Å². The van der Waals surface area contributed by atoms with Crippen molar-refractivity contribution in [3.63, 3.8) is 0 Å². The van der Waals surface area contributed by atoms with Crippen LogP contribution in [0.1, 0.15) is 290 Å². The summed E-state index contributed by atoms with van der Waals surface area (Å²) in [5, 5.41) is 0. The minimum atomic E-state index is -0.798. The average Bonchev–Trinajstić information content (AvgIpc) is 3.37. The van der Waals surface area contributed by atoms with Crippen LogP contribution >= 0.6 is 0 Å². The highest BCUT2D eigenvalue weighted by Gasteiger charge is 2.19. The number of ether oxygens (including phenoxy) is 3.